The highest BCUT2D eigenvalue weighted by Crippen LogP contribution is 2.56. The van der Waals surface area contributed by atoms with Gasteiger partial charge in [0.15, 0.2) is 0 Å². The van der Waals surface area contributed by atoms with Crippen molar-refractivity contribution in [3.63, 3.8) is 0 Å². The lowest BCUT2D eigenvalue weighted by Crippen LogP contribution is -2.54. The zero-order valence-corrected chi connectivity index (χ0v) is 21.9. The van der Waals surface area contributed by atoms with E-state index < -0.39 is 0 Å². The molecule has 1 amide bonds. The molecule has 1 heterocycles. The van der Waals surface area contributed by atoms with Crippen LogP contribution in [0.5, 0.6) is 0 Å². The monoisotopic (exact) mass is 491 g/mol. The first-order valence-corrected chi connectivity index (χ1v) is 14.2. The number of hydrogen-bond acceptors (Lipinski definition) is 3. The summed E-state index contributed by atoms with van der Waals surface area (Å²) in [4.78, 5) is 15.1. The van der Waals surface area contributed by atoms with Gasteiger partial charge in [0.05, 0.1) is 17.7 Å². The minimum atomic E-state index is -0.281. The molecule has 1 unspecified atom stereocenters. The van der Waals surface area contributed by atoms with Gasteiger partial charge in [0.2, 0.25) is 0 Å². The molecule has 0 radical (unpaired) electrons. The lowest BCUT2D eigenvalue weighted by atomic mass is 9.53. The van der Waals surface area contributed by atoms with Gasteiger partial charge in [-0.15, -0.1) is 6.42 Å². The quantitative estimate of drug-likeness (QED) is 0.463. The second kappa shape index (κ2) is 9.57. The van der Waals surface area contributed by atoms with Crippen molar-refractivity contribution >= 4 is 11.6 Å². The Labute approximate surface area is 221 Å². The van der Waals surface area contributed by atoms with Crippen LogP contribution in [0.25, 0.3) is 0 Å². The highest BCUT2D eigenvalue weighted by atomic mass is 16.2. The molecule has 1 aliphatic heterocycles. The highest BCUT2D eigenvalue weighted by Gasteiger charge is 2.51. The van der Waals surface area contributed by atoms with E-state index in [1.54, 1.807) is 0 Å². The van der Waals surface area contributed by atoms with Gasteiger partial charge in [-0.2, -0.15) is 5.26 Å². The summed E-state index contributed by atoms with van der Waals surface area (Å²) < 4.78 is 0. The number of terminal acetylenes is 1. The number of benzene rings is 2. The summed E-state index contributed by atoms with van der Waals surface area (Å²) in [7, 11) is 0. The summed E-state index contributed by atoms with van der Waals surface area (Å²) in [6.45, 7) is 2.16. The summed E-state index contributed by atoms with van der Waals surface area (Å²) in [5.74, 6) is 4.83. The number of carbonyl (C=O) groups is 1. The molecule has 4 fully saturated rings. The number of amides is 1. The lowest BCUT2D eigenvalue weighted by Gasteiger charge is -2.57. The number of anilines is 1. The average molecular weight is 492 g/mol. The average Bonchev–Trinajstić information content (AvgIpc) is 2.89. The molecule has 2 aromatic rings. The summed E-state index contributed by atoms with van der Waals surface area (Å²) in [6.07, 6.45) is 17.5. The first kappa shape index (κ1) is 24.1. The van der Waals surface area contributed by atoms with Crippen LogP contribution in [0.2, 0.25) is 0 Å². The van der Waals surface area contributed by atoms with Crippen molar-refractivity contribution in [2.75, 3.05) is 5.32 Å². The Balaban J connectivity index is 1.34. The van der Waals surface area contributed by atoms with Crippen LogP contribution in [-0.2, 0) is 11.2 Å². The molecule has 37 heavy (non-hydrogen) atoms. The fourth-order valence-electron chi connectivity index (χ4n) is 8.59. The first-order chi connectivity index (χ1) is 18.0. The third kappa shape index (κ3) is 4.31. The van der Waals surface area contributed by atoms with Crippen LogP contribution in [0, 0.1) is 41.4 Å². The molecule has 7 rings (SSSR count). The molecule has 0 spiro atoms. The SMILES string of the molecule is C#CC(=O)N1C(c2ccc(NC34CC5CC(CC(C5)C3)C4)cc2)c2cccc(C#N)c2C[C@@H]1CCCC. The van der Waals surface area contributed by atoms with Gasteiger partial charge in [-0.1, -0.05) is 44.0 Å². The van der Waals surface area contributed by atoms with Gasteiger partial charge in [-0.25, -0.2) is 0 Å². The minimum Gasteiger partial charge on any atom is -0.380 e. The van der Waals surface area contributed by atoms with Crippen molar-refractivity contribution in [3.8, 4) is 18.4 Å². The molecule has 0 aromatic heterocycles. The van der Waals surface area contributed by atoms with E-state index in [4.69, 9.17) is 6.42 Å². The predicted molar refractivity (Wildman–Crippen MR) is 147 cm³/mol. The van der Waals surface area contributed by atoms with Crippen molar-refractivity contribution in [2.45, 2.75) is 88.8 Å². The number of hydrogen-bond donors (Lipinski definition) is 1. The fourth-order valence-corrected chi connectivity index (χ4v) is 8.59. The molecule has 4 heteroatoms. The third-order valence-corrected chi connectivity index (χ3v) is 9.66. The minimum absolute atomic E-state index is 0.0136. The van der Waals surface area contributed by atoms with E-state index in [2.05, 4.69) is 54.6 Å². The van der Waals surface area contributed by atoms with E-state index in [9.17, 15) is 10.1 Å². The van der Waals surface area contributed by atoms with Gasteiger partial charge < -0.3 is 10.2 Å². The van der Waals surface area contributed by atoms with Crippen LogP contribution in [0.15, 0.2) is 42.5 Å². The Morgan fingerprint density at radius 2 is 1.76 bits per heavy atom. The number of nitrogens with one attached hydrogen (secondary N) is 1. The van der Waals surface area contributed by atoms with E-state index in [0.717, 1.165) is 53.7 Å². The zero-order chi connectivity index (χ0) is 25.6. The second-order valence-electron chi connectivity index (χ2n) is 12.2. The van der Waals surface area contributed by atoms with Crippen LogP contribution >= 0.6 is 0 Å². The van der Waals surface area contributed by atoms with E-state index in [1.807, 2.05) is 17.0 Å². The van der Waals surface area contributed by atoms with Crippen molar-refractivity contribution in [3.05, 3.63) is 64.7 Å². The normalized spacial score (nSPS) is 31.3. The summed E-state index contributed by atoms with van der Waals surface area (Å²) in [5.41, 5.74) is 5.27. The second-order valence-corrected chi connectivity index (χ2v) is 12.2. The van der Waals surface area contributed by atoms with Crippen molar-refractivity contribution in [1.82, 2.24) is 4.90 Å². The zero-order valence-electron chi connectivity index (χ0n) is 21.9. The molecule has 1 N–H and O–H groups in total. The molecule has 5 aliphatic rings. The Kier molecular flexibility index (Phi) is 6.24. The van der Waals surface area contributed by atoms with Crippen LogP contribution in [0.4, 0.5) is 5.69 Å². The van der Waals surface area contributed by atoms with E-state index in [-0.39, 0.29) is 23.5 Å². The van der Waals surface area contributed by atoms with Gasteiger partial charge in [-0.05, 0) is 110 Å². The number of fused-ring (bicyclic) bond motifs is 1. The van der Waals surface area contributed by atoms with Crippen LogP contribution in [-0.4, -0.2) is 22.4 Å². The number of carbonyl (C=O) groups excluding carboxylic acids is 1. The molecule has 2 aromatic carbocycles. The molecule has 4 aliphatic carbocycles. The lowest BCUT2D eigenvalue weighted by molar-refractivity contribution is -0.130. The maximum absolute atomic E-state index is 13.2. The Hall–Kier alpha value is -3.24. The van der Waals surface area contributed by atoms with Gasteiger partial charge in [0.25, 0.3) is 5.91 Å². The summed E-state index contributed by atoms with van der Waals surface area (Å²) in [5, 5.41) is 13.8. The molecular formula is C33H37N3O. The molecule has 4 nitrogen and oxygen atoms in total. The maximum Gasteiger partial charge on any atom is 0.299 e. The number of nitriles is 1. The van der Waals surface area contributed by atoms with E-state index >= 15 is 0 Å². The van der Waals surface area contributed by atoms with Crippen LogP contribution < -0.4 is 5.32 Å². The van der Waals surface area contributed by atoms with Crippen LogP contribution in [0.1, 0.15) is 93.0 Å². The maximum atomic E-state index is 13.2. The smallest absolute Gasteiger partial charge is 0.299 e. The highest BCUT2D eigenvalue weighted by molar-refractivity contribution is 5.94. The fraction of sp³-hybridized carbons (Fsp3) is 0.515. The number of nitrogens with zero attached hydrogens (tertiary/aromatic N) is 2. The molecule has 4 saturated carbocycles. The van der Waals surface area contributed by atoms with Crippen molar-refractivity contribution in [2.24, 2.45) is 17.8 Å². The summed E-state index contributed by atoms with van der Waals surface area (Å²) in [6, 6.07) is 16.7. The largest absolute Gasteiger partial charge is 0.380 e. The van der Waals surface area contributed by atoms with Crippen LogP contribution in [0.3, 0.4) is 0 Å². The Morgan fingerprint density at radius 1 is 1.08 bits per heavy atom. The standard InChI is InChI=1S/C33H37N3O/c1-3-5-8-28-17-30-26(21-34)7-6-9-29(30)32(36(28)31(37)4-2)25-10-12-27(13-11-25)35-33-18-22-14-23(19-33)16-24(15-22)20-33/h2,6-7,9-13,22-24,28,32,35H,3,5,8,14-20H2,1H3/t22?,23?,24?,28-,32?,33?/m0/s1. The summed E-state index contributed by atoms with van der Waals surface area (Å²) >= 11 is 0. The number of unbranched alkanes of at least 4 members (excludes halogenated alkanes) is 1. The Bertz CT molecular complexity index is 1230. The molecule has 0 saturated heterocycles. The topological polar surface area (TPSA) is 56.1 Å². The van der Waals surface area contributed by atoms with Gasteiger partial charge in [0.1, 0.15) is 0 Å². The number of rotatable bonds is 6. The van der Waals surface area contributed by atoms with Gasteiger partial charge >= 0.3 is 0 Å². The van der Waals surface area contributed by atoms with E-state index in [1.165, 1.54) is 44.2 Å². The predicted octanol–water partition coefficient (Wildman–Crippen LogP) is 6.61. The first-order valence-electron chi connectivity index (χ1n) is 14.2. The van der Waals surface area contributed by atoms with Gasteiger partial charge in [0, 0.05) is 17.3 Å². The Morgan fingerprint density at radius 3 is 2.35 bits per heavy atom. The van der Waals surface area contributed by atoms with E-state index in [0.29, 0.717) is 12.0 Å². The van der Waals surface area contributed by atoms with Crippen molar-refractivity contribution in [1.29, 1.82) is 5.26 Å². The van der Waals surface area contributed by atoms with Crippen molar-refractivity contribution < 1.29 is 4.79 Å². The molecule has 2 atom stereocenters. The molecular weight excluding hydrogens is 454 g/mol. The molecule has 4 bridgehead atoms. The molecule has 190 valence electrons. The van der Waals surface area contributed by atoms with Gasteiger partial charge in [-0.3, -0.25) is 4.79 Å². The third-order valence-electron chi connectivity index (χ3n) is 9.66.